The summed E-state index contributed by atoms with van der Waals surface area (Å²) < 4.78 is 27.2. The molecule has 2 rings (SSSR count). The Morgan fingerprint density at radius 2 is 1.31 bits per heavy atom. The van der Waals surface area contributed by atoms with Gasteiger partial charge in [0.25, 0.3) is 11.8 Å². The van der Waals surface area contributed by atoms with Gasteiger partial charge in [0.2, 0.25) is 17.7 Å². The zero-order chi connectivity index (χ0) is 45.2. The molecule has 19 heteroatoms. The van der Waals surface area contributed by atoms with E-state index >= 15 is 0 Å². The van der Waals surface area contributed by atoms with Gasteiger partial charge in [-0.3, -0.25) is 38.5 Å². The highest BCUT2D eigenvalue weighted by molar-refractivity contribution is 6.13. The molecule has 7 amide bonds. The predicted octanol–water partition coefficient (Wildman–Crippen LogP) is 1.77. The molecule has 0 bridgehead atoms. The van der Waals surface area contributed by atoms with Crippen LogP contribution in [0.3, 0.4) is 0 Å². The number of imide groups is 1. The topological polar surface area (TPSA) is 260 Å². The van der Waals surface area contributed by atoms with E-state index in [2.05, 4.69) is 21.3 Å². The zero-order valence-electron chi connectivity index (χ0n) is 36.0. The molecule has 0 unspecified atom stereocenters. The molecule has 0 saturated heterocycles. The van der Waals surface area contributed by atoms with Gasteiger partial charge in [0.1, 0.15) is 6.61 Å². The number of nitrogens with zero attached hydrogens (tertiary/aromatic N) is 1. The number of hydrogen-bond donors (Lipinski definition) is 5. The highest BCUT2D eigenvalue weighted by Gasteiger charge is 2.30. The normalized spacial score (nSPS) is 13.5. The van der Waals surface area contributed by atoms with Gasteiger partial charge in [-0.25, -0.2) is 4.79 Å². The average molecular weight is 861 g/mol. The number of primary amides is 1. The Morgan fingerprint density at radius 3 is 1.87 bits per heavy atom. The highest BCUT2D eigenvalue weighted by atomic mass is 16.6. The van der Waals surface area contributed by atoms with Crippen LogP contribution in [0.5, 0.6) is 0 Å². The Bertz CT molecular complexity index is 1610. The number of hydrogen-bond acceptors (Lipinski definition) is 13. The second kappa shape index (κ2) is 28.3. The molecule has 0 aliphatic carbocycles. The third-order valence-electron chi connectivity index (χ3n) is 9.00. The summed E-state index contributed by atoms with van der Waals surface area (Å²) in [6, 6.07) is 5.27. The smallest absolute Gasteiger partial charge is 0.312 e. The van der Waals surface area contributed by atoms with E-state index in [0.717, 1.165) is 10.5 Å². The van der Waals surface area contributed by atoms with Gasteiger partial charge >= 0.3 is 12.0 Å². The summed E-state index contributed by atoms with van der Waals surface area (Å²) in [7, 11) is 0. The molecular weight excluding hydrogens is 796 g/mol. The van der Waals surface area contributed by atoms with Crippen LogP contribution < -0.4 is 27.0 Å². The Balaban J connectivity index is 1.64. The van der Waals surface area contributed by atoms with Crippen LogP contribution in [0.15, 0.2) is 36.4 Å². The predicted molar refractivity (Wildman–Crippen MR) is 222 cm³/mol. The number of ether oxygens (including phenoxy) is 5. The Kier molecular flexibility index (Phi) is 24.1. The lowest BCUT2D eigenvalue weighted by atomic mass is 9.89. The fourth-order valence-electron chi connectivity index (χ4n) is 5.56. The fraction of sp³-hybridized carbons (Fsp3) is 0.619. The first-order chi connectivity index (χ1) is 29.0. The minimum Gasteiger partial charge on any atom is -0.460 e. The number of anilines is 1. The minimum absolute atomic E-state index is 0.00965. The van der Waals surface area contributed by atoms with Crippen molar-refractivity contribution in [2.24, 2.45) is 23.0 Å². The monoisotopic (exact) mass is 860 g/mol. The average Bonchev–Trinajstić information content (AvgIpc) is 3.53. The largest absolute Gasteiger partial charge is 0.460 e. The van der Waals surface area contributed by atoms with E-state index in [1.165, 1.54) is 12.2 Å². The van der Waals surface area contributed by atoms with Crippen molar-refractivity contribution in [3.63, 3.8) is 0 Å². The number of nitrogens with two attached hydrogens (primary N) is 1. The van der Waals surface area contributed by atoms with Crippen molar-refractivity contribution >= 4 is 53.0 Å². The fourth-order valence-corrected chi connectivity index (χ4v) is 5.56. The third-order valence-corrected chi connectivity index (χ3v) is 9.00. The molecule has 0 radical (unpaired) electrons. The number of nitrogens with one attached hydrogen (secondary N) is 4. The lowest BCUT2D eigenvalue weighted by Gasteiger charge is -2.24. The summed E-state index contributed by atoms with van der Waals surface area (Å²) in [4.78, 5) is 98.9. The molecule has 0 saturated carbocycles. The van der Waals surface area contributed by atoms with Crippen molar-refractivity contribution in [3.8, 4) is 0 Å². The standard InChI is InChI=1S/C42H64N6O13/c1-29(2)38(33(49)27-31(7-6-16-45-41(43)56)39(54)46-32-10-8-30(9-11-32)28-61-40(55)42(3,4)5)47-35(51)15-19-57-21-23-59-25-26-60-24-22-58-20-17-44-34(50)14-18-48-36(52)12-13-37(48)53/h8-13,29,31,38H,6-7,14-28H2,1-5H3,(H,44,50)(H,46,54)(H,47,51)(H3,43,45,56)/t31-,38+/m0/s1. The van der Waals surface area contributed by atoms with Crippen molar-refractivity contribution in [2.75, 3.05) is 77.8 Å². The summed E-state index contributed by atoms with van der Waals surface area (Å²) >= 11 is 0. The van der Waals surface area contributed by atoms with Gasteiger partial charge in [-0.05, 0) is 57.2 Å². The van der Waals surface area contributed by atoms with E-state index in [1.807, 2.05) is 0 Å². The first-order valence-corrected chi connectivity index (χ1v) is 20.5. The van der Waals surface area contributed by atoms with Gasteiger partial charge in [0.15, 0.2) is 5.78 Å². The van der Waals surface area contributed by atoms with Crippen LogP contribution in [0.25, 0.3) is 0 Å². The maximum absolute atomic E-state index is 13.5. The van der Waals surface area contributed by atoms with Crippen LogP contribution in [0.2, 0.25) is 0 Å². The molecule has 1 aliphatic heterocycles. The van der Waals surface area contributed by atoms with E-state index in [0.29, 0.717) is 38.5 Å². The third kappa shape index (κ3) is 22.3. The van der Waals surface area contributed by atoms with Crippen molar-refractivity contribution in [1.82, 2.24) is 20.9 Å². The van der Waals surface area contributed by atoms with Crippen LogP contribution in [-0.2, 0) is 63.9 Å². The van der Waals surface area contributed by atoms with Crippen LogP contribution in [-0.4, -0.2) is 131 Å². The maximum atomic E-state index is 13.5. The molecule has 1 aliphatic rings. The molecule has 1 heterocycles. The number of amides is 7. The number of carbonyl (C=O) groups is 8. The second-order valence-electron chi connectivity index (χ2n) is 15.6. The van der Waals surface area contributed by atoms with Gasteiger partial charge in [-0.2, -0.15) is 0 Å². The number of ketones is 1. The van der Waals surface area contributed by atoms with Gasteiger partial charge in [0, 0.05) is 62.7 Å². The SMILES string of the molecule is CC(C)[C@@H](NC(=O)CCOCCOCCOCCOCCNC(=O)CCN1C(=O)C=CC1=O)C(=O)C[C@H](CCCNC(N)=O)C(=O)Nc1ccc(COC(=O)C(C)(C)C)cc1. The molecule has 19 nitrogen and oxygen atoms in total. The lowest BCUT2D eigenvalue weighted by molar-refractivity contribution is -0.154. The number of urea groups is 1. The molecule has 1 aromatic rings. The van der Waals surface area contributed by atoms with Gasteiger partial charge in [0.05, 0.1) is 64.3 Å². The summed E-state index contributed by atoms with van der Waals surface area (Å²) in [5.41, 5.74) is 5.76. The number of carbonyl (C=O) groups excluding carboxylic acids is 8. The Hall–Kier alpha value is -5.24. The van der Waals surface area contributed by atoms with Crippen LogP contribution >= 0.6 is 0 Å². The number of rotatable bonds is 31. The van der Waals surface area contributed by atoms with Crippen molar-refractivity contribution in [3.05, 3.63) is 42.0 Å². The van der Waals surface area contributed by atoms with Crippen LogP contribution in [0.4, 0.5) is 10.5 Å². The molecule has 0 fully saturated rings. The Labute approximate surface area is 357 Å². The number of esters is 1. The van der Waals surface area contributed by atoms with Crippen molar-refractivity contribution < 1.29 is 62.0 Å². The van der Waals surface area contributed by atoms with Crippen molar-refractivity contribution in [1.29, 1.82) is 0 Å². The first-order valence-electron chi connectivity index (χ1n) is 20.5. The minimum atomic E-state index is -0.841. The molecule has 1 aromatic carbocycles. The van der Waals surface area contributed by atoms with E-state index in [1.54, 1.807) is 58.9 Å². The van der Waals surface area contributed by atoms with E-state index in [-0.39, 0.29) is 108 Å². The van der Waals surface area contributed by atoms with Gasteiger partial charge in [-0.1, -0.05) is 26.0 Å². The van der Waals surface area contributed by atoms with Gasteiger partial charge < -0.3 is 50.7 Å². The Morgan fingerprint density at radius 1 is 0.738 bits per heavy atom. The first kappa shape index (κ1) is 51.9. The molecule has 6 N–H and O–H groups in total. The zero-order valence-corrected chi connectivity index (χ0v) is 36.0. The van der Waals surface area contributed by atoms with E-state index in [9.17, 15) is 38.4 Å². The van der Waals surface area contributed by atoms with Gasteiger partial charge in [-0.15, -0.1) is 0 Å². The quantitative estimate of drug-likeness (QED) is 0.0406. The molecule has 340 valence electrons. The molecular formula is C42H64N6O13. The van der Waals surface area contributed by atoms with Crippen molar-refractivity contribution in [2.45, 2.75) is 79.4 Å². The molecule has 61 heavy (non-hydrogen) atoms. The number of Topliss-reactive ketones (excluding diaryl/α,β-unsaturated/α-hetero) is 1. The van der Waals surface area contributed by atoms with E-state index < -0.39 is 41.1 Å². The highest BCUT2D eigenvalue weighted by Crippen LogP contribution is 2.21. The summed E-state index contributed by atoms with van der Waals surface area (Å²) in [6.45, 7) is 11.7. The second-order valence-corrected chi connectivity index (χ2v) is 15.6. The van der Waals surface area contributed by atoms with Crippen LogP contribution in [0.1, 0.15) is 72.3 Å². The molecule has 0 spiro atoms. The molecule has 0 aromatic heterocycles. The maximum Gasteiger partial charge on any atom is 0.312 e. The van der Waals surface area contributed by atoms with E-state index in [4.69, 9.17) is 29.4 Å². The summed E-state index contributed by atoms with van der Waals surface area (Å²) in [6.07, 6.45) is 2.87. The summed E-state index contributed by atoms with van der Waals surface area (Å²) in [5, 5.41) is 10.8. The summed E-state index contributed by atoms with van der Waals surface area (Å²) in [5.74, 6) is -3.59. The molecule has 2 atom stereocenters. The number of benzene rings is 1. The lowest BCUT2D eigenvalue weighted by Crippen LogP contribution is -2.45. The van der Waals surface area contributed by atoms with Crippen LogP contribution in [0, 0.1) is 17.3 Å².